The third kappa shape index (κ3) is 3.89. The molecule has 0 amide bonds. The first-order valence-corrected chi connectivity index (χ1v) is 9.88. The molecule has 6 heteroatoms. The number of pyridine rings is 1. The largest absolute Gasteiger partial charge is 0.270 e. The van der Waals surface area contributed by atoms with Gasteiger partial charge in [0.1, 0.15) is 0 Å². The van der Waals surface area contributed by atoms with Gasteiger partial charge in [-0.25, -0.2) is 0 Å². The van der Waals surface area contributed by atoms with Crippen LogP contribution in [0.25, 0.3) is 17.1 Å². The van der Waals surface area contributed by atoms with Crippen molar-refractivity contribution >= 4 is 23.4 Å². The second-order valence-corrected chi connectivity index (χ2v) is 7.46. The van der Waals surface area contributed by atoms with Gasteiger partial charge in [-0.1, -0.05) is 53.7 Å². The lowest BCUT2D eigenvalue weighted by Crippen LogP contribution is -2.00. The fourth-order valence-electron chi connectivity index (χ4n) is 2.81. The predicted octanol–water partition coefficient (Wildman–Crippen LogP) is 5.58. The van der Waals surface area contributed by atoms with Gasteiger partial charge in [-0.2, -0.15) is 0 Å². The Morgan fingerprint density at radius 1 is 1.00 bits per heavy atom. The second-order valence-electron chi connectivity index (χ2n) is 6.08. The van der Waals surface area contributed by atoms with Crippen LogP contribution in [0.3, 0.4) is 0 Å². The summed E-state index contributed by atoms with van der Waals surface area (Å²) in [6, 6.07) is 20.0. The number of benzene rings is 2. The van der Waals surface area contributed by atoms with Gasteiger partial charge in [-0.15, -0.1) is 10.2 Å². The Hall–Kier alpha value is -2.63. The van der Waals surface area contributed by atoms with Gasteiger partial charge in [-0.3, -0.25) is 9.55 Å². The van der Waals surface area contributed by atoms with Crippen molar-refractivity contribution in [2.45, 2.75) is 17.8 Å². The standard InChI is InChI=1S/C21H17ClN4S/c1-15-6-2-3-7-17(15)14-27-21-25-24-20(16-8-5-11-23-13-16)26(21)19-10-4-9-18(22)12-19/h2-13H,14H2,1H3. The molecule has 0 radical (unpaired) electrons. The highest BCUT2D eigenvalue weighted by Gasteiger charge is 2.17. The zero-order valence-electron chi connectivity index (χ0n) is 14.7. The molecule has 0 saturated carbocycles. The summed E-state index contributed by atoms with van der Waals surface area (Å²) in [6.45, 7) is 2.12. The SMILES string of the molecule is Cc1ccccc1CSc1nnc(-c2cccnc2)n1-c1cccc(Cl)c1. The average Bonchev–Trinajstić information content (AvgIpc) is 3.12. The van der Waals surface area contributed by atoms with Crippen LogP contribution in [0.2, 0.25) is 5.02 Å². The zero-order chi connectivity index (χ0) is 18.6. The number of hydrogen-bond donors (Lipinski definition) is 0. The van der Waals surface area contributed by atoms with Crippen LogP contribution in [0.1, 0.15) is 11.1 Å². The van der Waals surface area contributed by atoms with Crippen LogP contribution in [0.15, 0.2) is 78.2 Å². The fourth-order valence-corrected chi connectivity index (χ4v) is 4.02. The highest BCUT2D eigenvalue weighted by Crippen LogP contribution is 2.30. The summed E-state index contributed by atoms with van der Waals surface area (Å²) in [5.41, 5.74) is 4.39. The Bertz CT molecular complexity index is 1060. The summed E-state index contributed by atoms with van der Waals surface area (Å²) in [5, 5.41) is 10.4. The molecule has 0 unspecified atom stereocenters. The summed E-state index contributed by atoms with van der Waals surface area (Å²) in [4.78, 5) is 4.21. The highest BCUT2D eigenvalue weighted by atomic mass is 35.5. The molecule has 134 valence electrons. The predicted molar refractivity (Wildman–Crippen MR) is 110 cm³/mol. The maximum Gasteiger partial charge on any atom is 0.196 e. The topological polar surface area (TPSA) is 43.6 Å². The Morgan fingerprint density at radius 2 is 1.89 bits per heavy atom. The third-order valence-corrected chi connectivity index (χ3v) is 5.45. The van der Waals surface area contributed by atoms with Crippen LogP contribution in [-0.2, 0) is 5.75 Å². The van der Waals surface area contributed by atoms with Crippen LogP contribution < -0.4 is 0 Å². The van der Waals surface area contributed by atoms with Crippen molar-refractivity contribution in [1.82, 2.24) is 19.7 Å². The number of halogens is 1. The van der Waals surface area contributed by atoms with Gasteiger partial charge >= 0.3 is 0 Å². The average molecular weight is 393 g/mol. The van der Waals surface area contributed by atoms with Crippen molar-refractivity contribution in [3.05, 3.63) is 89.2 Å². The van der Waals surface area contributed by atoms with Crippen molar-refractivity contribution in [3.8, 4) is 17.1 Å². The van der Waals surface area contributed by atoms with E-state index in [-0.39, 0.29) is 0 Å². The number of thioether (sulfide) groups is 1. The van der Waals surface area contributed by atoms with Gasteiger partial charge in [0.05, 0.1) is 5.69 Å². The summed E-state index contributed by atoms with van der Waals surface area (Å²) in [5.74, 6) is 1.57. The van der Waals surface area contributed by atoms with Crippen molar-refractivity contribution in [1.29, 1.82) is 0 Å². The molecule has 0 fully saturated rings. The minimum Gasteiger partial charge on any atom is -0.270 e. The highest BCUT2D eigenvalue weighted by molar-refractivity contribution is 7.98. The number of hydrogen-bond acceptors (Lipinski definition) is 4. The van der Waals surface area contributed by atoms with Gasteiger partial charge in [0.25, 0.3) is 0 Å². The molecule has 4 aromatic rings. The van der Waals surface area contributed by atoms with Crippen LogP contribution in [0.4, 0.5) is 0 Å². The van der Waals surface area contributed by atoms with Gasteiger partial charge in [0, 0.05) is 28.7 Å². The molecular formula is C21H17ClN4S. The number of rotatable bonds is 5. The molecule has 0 aliphatic carbocycles. The summed E-state index contributed by atoms with van der Waals surface area (Å²) >= 11 is 7.89. The Morgan fingerprint density at radius 3 is 2.67 bits per heavy atom. The summed E-state index contributed by atoms with van der Waals surface area (Å²) in [6.07, 6.45) is 3.54. The number of nitrogens with zero attached hydrogens (tertiary/aromatic N) is 4. The maximum absolute atomic E-state index is 6.23. The normalized spacial score (nSPS) is 10.9. The van der Waals surface area contributed by atoms with E-state index in [2.05, 4.69) is 46.4 Å². The second kappa shape index (κ2) is 7.94. The molecule has 0 saturated heterocycles. The Balaban J connectivity index is 1.75. The van der Waals surface area contributed by atoms with Crippen LogP contribution in [-0.4, -0.2) is 19.7 Å². The minimum atomic E-state index is 0.674. The van der Waals surface area contributed by atoms with Crippen LogP contribution in [0, 0.1) is 6.92 Å². The van der Waals surface area contributed by atoms with Gasteiger partial charge < -0.3 is 0 Å². The molecule has 0 atom stereocenters. The van der Waals surface area contributed by atoms with Crippen molar-refractivity contribution in [2.24, 2.45) is 0 Å². The Kier molecular flexibility index (Phi) is 5.23. The molecule has 4 rings (SSSR count). The number of aryl methyl sites for hydroxylation is 1. The molecule has 2 heterocycles. The van der Waals surface area contributed by atoms with E-state index >= 15 is 0 Å². The van der Waals surface area contributed by atoms with Gasteiger partial charge in [0.15, 0.2) is 11.0 Å². The smallest absolute Gasteiger partial charge is 0.196 e. The molecule has 2 aromatic heterocycles. The van der Waals surface area contributed by atoms with E-state index in [0.29, 0.717) is 5.02 Å². The summed E-state index contributed by atoms with van der Waals surface area (Å²) < 4.78 is 2.03. The molecule has 0 aliphatic heterocycles. The lowest BCUT2D eigenvalue weighted by Gasteiger charge is -2.11. The molecule has 0 aliphatic rings. The molecule has 27 heavy (non-hydrogen) atoms. The van der Waals surface area contributed by atoms with E-state index in [1.54, 1.807) is 24.2 Å². The lowest BCUT2D eigenvalue weighted by atomic mass is 10.1. The van der Waals surface area contributed by atoms with Crippen molar-refractivity contribution in [3.63, 3.8) is 0 Å². The van der Waals surface area contributed by atoms with Crippen molar-refractivity contribution < 1.29 is 0 Å². The van der Waals surface area contributed by atoms with E-state index in [4.69, 9.17) is 11.6 Å². The minimum absolute atomic E-state index is 0.674. The van der Waals surface area contributed by atoms with Gasteiger partial charge in [-0.05, 0) is 48.4 Å². The monoisotopic (exact) mass is 392 g/mol. The first-order valence-electron chi connectivity index (χ1n) is 8.51. The fraction of sp³-hybridized carbons (Fsp3) is 0.0952. The third-order valence-electron chi connectivity index (χ3n) is 4.24. The zero-order valence-corrected chi connectivity index (χ0v) is 16.3. The van der Waals surface area contributed by atoms with Crippen molar-refractivity contribution in [2.75, 3.05) is 0 Å². The first kappa shape index (κ1) is 17.8. The van der Waals surface area contributed by atoms with E-state index in [9.17, 15) is 0 Å². The van der Waals surface area contributed by atoms with Crippen LogP contribution in [0.5, 0.6) is 0 Å². The molecular weight excluding hydrogens is 376 g/mol. The maximum atomic E-state index is 6.23. The Labute approximate surface area is 167 Å². The quantitative estimate of drug-likeness (QED) is 0.415. The number of aromatic nitrogens is 4. The van der Waals surface area contributed by atoms with Crippen LogP contribution >= 0.6 is 23.4 Å². The molecule has 2 aromatic carbocycles. The molecule has 0 spiro atoms. The molecule has 4 nitrogen and oxygen atoms in total. The van der Waals surface area contributed by atoms with E-state index < -0.39 is 0 Å². The van der Waals surface area contributed by atoms with E-state index in [1.807, 2.05) is 41.0 Å². The lowest BCUT2D eigenvalue weighted by molar-refractivity contribution is 0.885. The van der Waals surface area contributed by atoms with Gasteiger partial charge in [0.2, 0.25) is 0 Å². The first-order chi connectivity index (χ1) is 13.2. The molecule has 0 N–H and O–H groups in total. The van der Waals surface area contributed by atoms with E-state index in [1.165, 1.54) is 11.1 Å². The molecule has 0 bridgehead atoms. The summed E-state index contributed by atoms with van der Waals surface area (Å²) in [7, 11) is 0. The van der Waals surface area contributed by atoms with E-state index in [0.717, 1.165) is 28.0 Å².